The number of terminal acetylenes is 1. The van der Waals surface area contributed by atoms with Crippen LogP contribution < -0.4 is 11.1 Å². The lowest BCUT2D eigenvalue weighted by Gasteiger charge is -2.34. The van der Waals surface area contributed by atoms with Gasteiger partial charge < -0.3 is 5.73 Å². The summed E-state index contributed by atoms with van der Waals surface area (Å²) in [5, 5.41) is 3.39. The average Bonchev–Trinajstić information content (AvgIpc) is 2.24. The third-order valence-electron chi connectivity index (χ3n) is 3.07. The van der Waals surface area contributed by atoms with Crippen molar-refractivity contribution in [3.05, 3.63) is 0 Å². The molecular formula is C12H24N2. The minimum absolute atomic E-state index is 0.0434. The molecule has 0 aromatic heterocycles. The Morgan fingerprint density at radius 3 is 2.50 bits per heavy atom. The molecule has 0 aromatic rings. The third-order valence-corrected chi connectivity index (χ3v) is 3.07. The van der Waals surface area contributed by atoms with E-state index >= 15 is 0 Å². The van der Waals surface area contributed by atoms with Crippen LogP contribution in [0.25, 0.3) is 0 Å². The maximum absolute atomic E-state index is 5.83. The average molecular weight is 196 g/mol. The Bertz CT molecular complexity index is 177. The second-order valence-electron chi connectivity index (χ2n) is 4.11. The molecule has 0 saturated heterocycles. The Hall–Kier alpha value is -0.520. The summed E-state index contributed by atoms with van der Waals surface area (Å²) in [5.41, 5.74) is 5.87. The number of hydrogen-bond donors (Lipinski definition) is 2. The molecule has 0 rings (SSSR count). The van der Waals surface area contributed by atoms with E-state index in [0.717, 1.165) is 12.8 Å². The lowest BCUT2D eigenvalue weighted by molar-refractivity contribution is 0.264. The van der Waals surface area contributed by atoms with E-state index in [1.54, 1.807) is 0 Å². The predicted octanol–water partition coefficient (Wildman–Crippen LogP) is 1.75. The molecule has 0 fully saturated rings. The van der Waals surface area contributed by atoms with Crippen molar-refractivity contribution in [1.82, 2.24) is 5.32 Å². The molecule has 14 heavy (non-hydrogen) atoms. The standard InChI is InChI=1S/C12H24N2/c1-5-8-14-12(7-3,10-13)9-11(4)6-2/h1,11,14H,6-10,13H2,2-4H3. The summed E-state index contributed by atoms with van der Waals surface area (Å²) in [7, 11) is 0. The summed E-state index contributed by atoms with van der Waals surface area (Å²) in [5.74, 6) is 3.31. The Kier molecular flexibility index (Phi) is 6.61. The number of nitrogens with one attached hydrogen (secondary N) is 1. The fourth-order valence-electron chi connectivity index (χ4n) is 1.69. The molecule has 2 heteroatoms. The summed E-state index contributed by atoms with van der Waals surface area (Å²) in [4.78, 5) is 0. The topological polar surface area (TPSA) is 38.0 Å². The summed E-state index contributed by atoms with van der Waals surface area (Å²) in [6, 6.07) is 0. The Morgan fingerprint density at radius 1 is 1.50 bits per heavy atom. The molecule has 0 radical (unpaired) electrons. The third kappa shape index (κ3) is 4.13. The predicted molar refractivity (Wildman–Crippen MR) is 63.0 cm³/mol. The van der Waals surface area contributed by atoms with Gasteiger partial charge in [0.15, 0.2) is 0 Å². The number of rotatable bonds is 7. The van der Waals surface area contributed by atoms with Crippen molar-refractivity contribution in [3.63, 3.8) is 0 Å². The van der Waals surface area contributed by atoms with Crippen LogP contribution in [0.5, 0.6) is 0 Å². The lowest BCUT2D eigenvalue weighted by atomic mass is 9.84. The molecule has 3 N–H and O–H groups in total. The summed E-state index contributed by atoms with van der Waals surface area (Å²) < 4.78 is 0. The minimum Gasteiger partial charge on any atom is -0.329 e. The van der Waals surface area contributed by atoms with E-state index in [2.05, 4.69) is 32.0 Å². The summed E-state index contributed by atoms with van der Waals surface area (Å²) >= 11 is 0. The van der Waals surface area contributed by atoms with Crippen molar-refractivity contribution in [2.75, 3.05) is 13.1 Å². The SMILES string of the molecule is C#CCNC(CC)(CN)CC(C)CC. The largest absolute Gasteiger partial charge is 0.329 e. The highest BCUT2D eigenvalue weighted by Crippen LogP contribution is 2.21. The smallest absolute Gasteiger partial charge is 0.0578 e. The minimum atomic E-state index is 0.0434. The first-order valence-electron chi connectivity index (χ1n) is 5.52. The second kappa shape index (κ2) is 6.86. The molecule has 0 heterocycles. The molecule has 2 nitrogen and oxygen atoms in total. The van der Waals surface area contributed by atoms with Gasteiger partial charge in [0.1, 0.15) is 0 Å². The van der Waals surface area contributed by atoms with Crippen LogP contribution in [0.1, 0.15) is 40.0 Å². The molecule has 0 aromatic carbocycles. The van der Waals surface area contributed by atoms with Crippen LogP contribution >= 0.6 is 0 Å². The highest BCUT2D eigenvalue weighted by Gasteiger charge is 2.26. The van der Waals surface area contributed by atoms with Gasteiger partial charge in [0.25, 0.3) is 0 Å². The van der Waals surface area contributed by atoms with Crippen molar-refractivity contribution in [2.45, 2.75) is 45.6 Å². The Labute approximate surface area is 88.6 Å². The lowest BCUT2D eigenvalue weighted by Crippen LogP contribution is -2.51. The van der Waals surface area contributed by atoms with Crippen LogP contribution in [-0.4, -0.2) is 18.6 Å². The molecule has 0 aliphatic carbocycles. The van der Waals surface area contributed by atoms with Crippen LogP contribution in [-0.2, 0) is 0 Å². The number of hydrogen-bond acceptors (Lipinski definition) is 2. The summed E-state index contributed by atoms with van der Waals surface area (Å²) in [6.45, 7) is 7.91. The van der Waals surface area contributed by atoms with E-state index in [0.29, 0.717) is 19.0 Å². The normalized spacial score (nSPS) is 17.1. The molecule has 2 unspecified atom stereocenters. The van der Waals surface area contributed by atoms with Gasteiger partial charge in [0.05, 0.1) is 6.54 Å². The highest BCUT2D eigenvalue weighted by atomic mass is 15.0. The van der Waals surface area contributed by atoms with Crippen LogP contribution in [0.4, 0.5) is 0 Å². The monoisotopic (exact) mass is 196 g/mol. The van der Waals surface area contributed by atoms with E-state index in [9.17, 15) is 0 Å². The highest BCUT2D eigenvalue weighted by molar-refractivity contribution is 4.95. The fraction of sp³-hybridized carbons (Fsp3) is 0.833. The zero-order valence-corrected chi connectivity index (χ0v) is 9.77. The van der Waals surface area contributed by atoms with Crippen LogP contribution in [0.15, 0.2) is 0 Å². The van der Waals surface area contributed by atoms with Crippen LogP contribution in [0.2, 0.25) is 0 Å². The number of nitrogens with two attached hydrogens (primary N) is 1. The van der Waals surface area contributed by atoms with E-state index in [-0.39, 0.29) is 5.54 Å². The molecule has 0 aliphatic rings. The van der Waals surface area contributed by atoms with Gasteiger partial charge in [0.2, 0.25) is 0 Å². The van der Waals surface area contributed by atoms with Gasteiger partial charge in [-0.25, -0.2) is 0 Å². The van der Waals surface area contributed by atoms with Crippen LogP contribution in [0.3, 0.4) is 0 Å². The zero-order valence-electron chi connectivity index (χ0n) is 9.77. The van der Waals surface area contributed by atoms with E-state index in [4.69, 9.17) is 12.2 Å². The molecule has 0 bridgehead atoms. The molecule has 0 spiro atoms. The molecule has 0 aliphatic heterocycles. The van der Waals surface area contributed by atoms with Crippen molar-refractivity contribution < 1.29 is 0 Å². The van der Waals surface area contributed by atoms with Crippen LogP contribution in [0, 0.1) is 18.3 Å². The molecular weight excluding hydrogens is 172 g/mol. The van der Waals surface area contributed by atoms with Gasteiger partial charge in [-0.2, -0.15) is 0 Å². The zero-order chi connectivity index (χ0) is 11.0. The second-order valence-corrected chi connectivity index (χ2v) is 4.11. The molecule has 82 valence electrons. The van der Waals surface area contributed by atoms with Gasteiger partial charge in [-0.1, -0.05) is 33.1 Å². The molecule has 2 atom stereocenters. The summed E-state index contributed by atoms with van der Waals surface area (Å²) in [6.07, 6.45) is 8.60. The Morgan fingerprint density at radius 2 is 2.14 bits per heavy atom. The van der Waals surface area contributed by atoms with Crippen molar-refractivity contribution >= 4 is 0 Å². The van der Waals surface area contributed by atoms with Gasteiger partial charge >= 0.3 is 0 Å². The van der Waals surface area contributed by atoms with Gasteiger partial charge in [-0.3, -0.25) is 5.32 Å². The van der Waals surface area contributed by atoms with E-state index in [1.165, 1.54) is 6.42 Å². The quantitative estimate of drug-likeness (QED) is 0.609. The van der Waals surface area contributed by atoms with Crippen molar-refractivity contribution in [2.24, 2.45) is 11.7 Å². The van der Waals surface area contributed by atoms with E-state index < -0.39 is 0 Å². The van der Waals surface area contributed by atoms with Gasteiger partial charge in [-0.15, -0.1) is 6.42 Å². The molecule has 0 saturated carbocycles. The fourth-order valence-corrected chi connectivity index (χ4v) is 1.69. The Balaban J connectivity index is 4.29. The van der Waals surface area contributed by atoms with Gasteiger partial charge in [-0.05, 0) is 18.8 Å². The first-order valence-corrected chi connectivity index (χ1v) is 5.52. The first-order chi connectivity index (χ1) is 6.64. The maximum atomic E-state index is 5.83. The van der Waals surface area contributed by atoms with Crippen molar-refractivity contribution in [1.29, 1.82) is 0 Å². The maximum Gasteiger partial charge on any atom is 0.0578 e. The van der Waals surface area contributed by atoms with E-state index in [1.807, 2.05) is 0 Å². The van der Waals surface area contributed by atoms with Gasteiger partial charge in [0, 0.05) is 12.1 Å². The van der Waals surface area contributed by atoms with Crippen molar-refractivity contribution in [3.8, 4) is 12.3 Å². The first kappa shape index (κ1) is 13.5. The molecule has 0 amide bonds.